The predicted molar refractivity (Wildman–Crippen MR) is 97.5 cm³/mol. The van der Waals surface area contributed by atoms with Gasteiger partial charge in [-0.05, 0) is 30.7 Å². The van der Waals surface area contributed by atoms with Gasteiger partial charge in [-0.15, -0.1) is 0 Å². The molecule has 24 heavy (non-hydrogen) atoms. The van der Waals surface area contributed by atoms with E-state index in [1.807, 2.05) is 12.1 Å². The fraction of sp³-hybridized carbons (Fsp3) is 0.444. The van der Waals surface area contributed by atoms with Crippen molar-refractivity contribution >= 4 is 11.8 Å². The van der Waals surface area contributed by atoms with Gasteiger partial charge < -0.3 is 9.84 Å². The number of thioether (sulfide) groups is 1. The Morgan fingerprint density at radius 1 is 1.17 bits per heavy atom. The quantitative estimate of drug-likeness (QED) is 0.421. The second-order valence-electron chi connectivity index (χ2n) is 5.53. The molecule has 0 aliphatic rings. The van der Waals surface area contributed by atoms with Crippen LogP contribution in [0.15, 0.2) is 40.3 Å². The van der Waals surface area contributed by atoms with Crippen molar-refractivity contribution in [2.24, 2.45) is 0 Å². The topological polar surface area (TPSA) is 64.4 Å². The third kappa shape index (κ3) is 5.03. The molecule has 6 heteroatoms. The zero-order valence-electron chi connectivity index (χ0n) is 14.2. The van der Waals surface area contributed by atoms with E-state index < -0.39 is 0 Å². The number of methoxy groups -OCH3 is 1. The van der Waals surface area contributed by atoms with E-state index in [9.17, 15) is 9.90 Å². The summed E-state index contributed by atoms with van der Waals surface area (Å²) in [6, 6.07) is 8.35. The summed E-state index contributed by atoms with van der Waals surface area (Å²) in [5.41, 5.74) is 0.419. The first-order valence-electron chi connectivity index (χ1n) is 8.26. The molecule has 0 saturated carbocycles. The molecule has 0 atom stereocenters. The molecule has 0 spiro atoms. The third-order valence-electron chi connectivity index (χ3n) is 3.68. The zero-order valence-corrected chi connectivity index (χ0v) is 15.0. The molecule has 1 aromatic heterocycles. The minimum absolute atomic E-state index is 0.238. The molecule has 0 saturated heterocycles. The maximum atomic E-state index is 12.3. The number of ether oxygens (including phenoxy) is 1. The highest BCUT2D eigenvalue weighted by Crippen LogP contribution is 2.23. The van der Waals surface area contributed by atoms with Crippen LogP contribution in [0, 0.1) is 0 Å². The van der Waals surface area contributed by atoms with Gasteiger partial charge in [0, 0.05) is 5.75 Å². The Morgan fingerprint density at radius 3 is 2.54 bits per heavy atom. The van der Waals surface area contributed by atoms with Gasteiger partial charge in [0.15, 0.2) is 5.16 Å². The van der Waals surface area contributed by atoms with Crippen LogP contribution < -0.4 is 10.3 Å². The summed E-state index contributed by atoms with van der Waals surface area (Å²) >= 11 is 1.50. The second-order valence-corrected chi connectivity index (χ2v) is 6.59. The van der Waals surface area contributed by atoms with Gasteiger partial charge in [-0.1, -0.05) is 44.4 Å². The number of rotatable bonds is 9. The summed E-state index contributed by atoms with van der Waals surface area (Å²) in [4.78, 5) is 16.4. The van der Waals surface area contributed by atoms with Crippen LogP contribution in [-0.2, 0) is 0 Å². The van der Waals surface area contributed by atoms with Crippen LogP contribution in [0.2, 0.25) is 0 Å². The lowest BCUT2D eigenvalue weighted by Gasteiger charge is -2.12. The van der Waals surface area contributed by atoms with Crippen LogP contribution in [0.4, 0.5) is 0 Å². The number of aromatic nitrogens is 2. The van der Waals surface area contributed by atoms with E-state index in [1.165, 1.54) is 42.0 Å². The second kappa shape index (κ2) is 9.37. The van der Waals surface area contributed by atoms with Gasteiger partial charge in [-0.2, -0.15) is 4.98 Å². The monoisotopic (exact) mass is 348 g/mol. The standard InChI is InChI=1S/C18H24N2O3S/c1-3-4-5-6-7-12-24-18-19-16(21)13-17(22)20(18)14-8-10-15(23-2)11-9-14/h8-11,13,21H,3-7,12H2,1-2H3. The zero-order chi connectivity index (χ0) is 17.4. The number of nitrogens with zero attached hydrogens (tertiary/aromatic N) is 2. The molecule has 2 rings (SSSR count). The predicted octanol–water partition coefficient (Wildman–Crippen LogP) is 4.01. The SMILES string of the molecule is CCCCCCCSc1nc(O)cc(=O)n1-c1ccc(OC)cc1. The fourth-order valence-corrected chi connectivity index (χ4v) is 3.40. The first kappa shape index (κ1) is 18.4. The summed E-state index contributed by atoms with van der Waals surface area (Å²) in [7, 11) is 1.60. The van der Waals surface area contributed by atoms with Crippen LogP contribution in [0.25, 0.3) is 5.69 Å². The first-order chi connectivity index (χ1) is 11.7. The molecular formula is C18H24N2O3S. The highest BCUT2D eigenvalue weighted by Gasteiger charge is 2.11. The number of hydrogen-bond donors (Lipinski definition) is 1. The minimum Gasteiger partial charge on any atom is -0.497 e. The molecule has 130 valence electrons. The van der Waals surface area contributed by atoms with Gasteiger partial charge in [0.1, 0.15) is 5.75 Å². The first-order valence-corrected chi connectivity index (χ1v) is 9.24. The van der Waals surface area contributed by atoms with Crippen LogP contribution in [0.1, 0.15) is 39.0 Å². The van der Waals surface area contributed by atoms with E-state index in [4.69, 9.17) is 4.74 Å². The molecule has 0 aliphatic heterocycles. The molecular weight excluding hydrogens is 324 g/mol. The highest BCUT2D eigenvalue weighted by molar-refractivity contribution is 7.99. The maximum Gasteiger partial charge on any atom is 0.262 e. The average molecular weight is 348 g/mol. The van der Waals surface area contributed by atoms with Crippen molar-refractivity contribution < 1.29 is 9.84 Å². The lowest BCUT2D eigenvalue weighted by Crippen LogP contribution is -2.20. The fourth-order valence-electron chi connectivity index (χ4n) is 2.38. The van der Waals surface area contributed by atoms with Crippen molar-refractivity contribution in [3.63, 3.8) is 0 Å². The Morgan fingerprint density at radius 2 is 1.88 bits per heavy atom. The van der Waals surface area contributed by atoms with Crippen molar-refractivity contribution in [2.45, 2.75) is 44.2 Å². The van der Waals surface area contributed by atoms with Crippen LogP contribution in [0.5, 0.6) is 11.6 Å². The highest BCUT2D eigenvalue weighted by atomic mass is 32.2. The molecule has 0 aliphatic carbocycles. The number of unbranched alkanes of at least 4 members (excludes halogenated alkanes) is 4. The van der Waals surface area contributed by atoms with Crippen LogP contribution >= 0.6 is 11.8 Å². The minimum atomic E-state index is -0.291. The normalized spacial score (nSPS) is 10.8. The molecule has 2 aromatic rings. The number of aromatic hydroxyl groups is 1. The molecule has 1 aromatic carbocycles. The van der Waals surface area contributed by atoms with E-state index in [2.05, 4.69) is 11.9 Å². The molecule has 5 nitrogen and oxygen atoms in total. The Labute approximate surface area is 146 Å². The van der Waals surface area contributed by atoms with Gasteiger partial charge in [-0.25, -0.2) is 0 Å². The Kier molecular flexibility index (Phi) is 7.18. The summed E-state index contributed by atoms with van der Waals surface area (Å²) in [6.45, 7) is 2.19. The van der Waals surface area contributed by atoms with Crippen molar-refractivity contribution in [3.05, 3.63) is 40.7 Å². The molecule has 0 amide bonds. The van der Waals surface area contributed by atoms with E-state index in [1.54, 1.807) is 19.2 Å². The van der Waals surface area contributed by atoms with E-state index >= 15 is 0 Å². The smallest absolute Gasteiger partial charge is 0.262 e. The molecule has 1 heterocycles. The number of benzene rings is 1. The molecule has 0 unspecified atom stereocenters. The molecule has 0 fully saturated rings. The number of hydrogen-bond acceptors (Lipinski definition) is 5. The molecule has 1 N–H and O–H groups in total. The summed E-state index contributed by atoms with van der Waals surface area (Å²) in [5.74, 6) is 1.36. The van der Waals surface area contributed by atoms with Crippen molar-refractivity contribution in [1.82, 2.24) is 9.55 Å². The Hall–Kier alpha value is -1.95. The molecule has 0 radical (unpaired) electrons. The maximum absolute atomic E-state index is 12.3. The Bertz CT molecular complexity index is 698. The van der Waals surface area contributed by atoms with Crippen molar-refractivity contribution in [1.29, 1.82) is 0 Å². The van der Waals surface area contributed by atoms with E-state index in [-0.39, 0.29) is 11.4 Å². The van der Waals surface area contributed by atoms with Gasteiger partial charge in [0.05, 0.1) is 18.9 Å². The van der Waals surface area contributed by atoms with Gasteiger partial charge >= 0.3 is 0 Å². The summed E-state index contributed by atoms with van der Waals surface area (Å²) in [6.07, 6.45) is 5.95. The van der Waals surface area contributed by atoms with E-state index in [0.717, 1.165) is 24.0 Å². The van der Waals surface area contributed by atoms with Crippen molar-refractivity contribution in [3.8, 4) is 17.3 Å². The van der Waals surface area contributed by atoms with Crippen LogP contribution in [-0.4, -0.2) is 27.5 Å². The van der Waals surface area contributed by atoms with Crippen molar-refractivity contribution in [2.75, 3.05) is 12.9 Å². The van der Waals surface area contributed by atoms with Crippen LogP contribution in [0.3, 0.4) is 0 Å². The largest absolute Gasteiger partial charge is 0.497 e. The van der Waals surface area contributed by atoms with Gasteiger partial charge in [0.2, 0.25) is 5.88 Å². The Balaban J connectivity index is 2.15. The lowest BCUT2D eigenvalue weighted by molar-refractivity contribution is 0.414. The third-order valence-corrected chi connectivity index (χ3v) is 4.71. The van der Waals surface area contributed by atoms with Gasteiger partial charge in [0.25, 0.3) is 5.56 Å². The summed E-state index contributed by atoms with van der Waals surface area (Å²) < 4.78 is 6.67. The average Bonchev–Trinajstić information content (AvgIpc) is 2.58. The lowest BCUT2D eigenvalue weighted by atomic mass is 10.2. The summed E-state index contributed by atoms with van der Waals surface area (Å²) in [5, 5.41) is 10.2. The van der Waals surface area contributed by atoms with E-state index in [0.29, 0.717) is 10.8 Å². The van der Waals surface area contributed by atoms with Gasteiger partial charge in [-0.3, -0.25) is 9.36 Å². The molecule has 0 bridgehead atoms.